The first-order chi connectivity index (χ1) is 11.4. The fraction of sp³-hybridized carbons (Fsp3) is 0.889. The molecule has 1 saturated heterocycles. The standard InChI is InChI=1S/C18H36N4O2.HI/c1-6-24-17(23)22-13-9-15(10-14-22)21-16(19-5)20-12-8-7-11-18(2,3)4;/h15H,6-14H2,1-5H3,(H2,19,20,21);1H. The van der Waals surface area contributed by atoms with Gasteiger partial charge >= 0.3 is 6.09 Å². The molecule has 1 amide bonds. The summed E-state index contributed by atoms with van der Waals surface area (Å²) in [6.07, 6.45) is 5.27. The van der Waals surface area contributed by atoms with Gasteiger partial charge in [0.15, 0.2) is 5.96 Å². The van der Waals surface area contributed by atoms with Crippen LogP contribution in [-0.2, 0) is 4.74 Å². The molecule has 7 heteroatoms. The molecule has 0 aromatic heterocycles. The number of nitrogens with one attached hydrogen (secondary N) is 2. The molecule has 1 aliphatic heterocycles. The van der Waals surface area contributed by atoms with Crippen LogP contribution in [0, 0.1) is 5.41 Å². The number of nitrogens with zero attached hydrogens (tertiary/aromatic N) is 2. The molecule has 0 bridgehead atoms. The minimum atomic E-state index is -0.197. The van der Waals surface area contributed by atoms with Crippen molar-refractivity contribution >= 4 is 36.0 Å². The van der Waals surface area contributed by atoms with Gasteiger partial charge in [0, 0.05) is 32.7 Å². The molecule has 0 unspecified atom stereocenters. The van der Waals surface area contributed by atoms with Gasteiger partial charge in [-0.15, -0.1) is 24.0 Å². The summed E-state index contributed by atoms with van der Waals surface area (Å²) in [4.78, 5) is 17.8. The molecule has 0 aliphatic carbocycles. The molecule has 0 aromatic carbocycles. The molecule has 1 aliphatic rings. The zero-order chi connectivity index (χ0) is 18.0. The number of ether oxygens (including phenoxy) is 1. The second kappa shape index (κ2) is 12.6. The van der Waals surface area contributed by atoms with Crippen molar-refractivity contribution in [2.75, 3.05) is 33.3 Å². The summed E-state index contributed by atoms with van der Waals surface area (Å²) >= 11 is 0. The van der Waals surface area contributed by atoms with Crippen LogP contribution in [0.25, 0.3) is 0 Å². The van der Waals surface area contributed by atoms with Crippen LogP contribution in [0.3, 0.4) is 0 Å². The van der Waals surface area contributed by atoms with Gasteiger partial charge in [0.05, 0.1) is 6.61 Å². The molecular weight excluding hydrogens is 431 g/mol. The van der Waals surface area contributed by atoms with E-state index in [4.69, 9.17) is 4.74 Å². The van der Waals surface area contributed by atoms with E-state index in [1.54, 1.807) is 11.9 Å². The van der Waals surface area contributed by atoms with Crippen molar-refractivity contribution < 1.29 is 9.53 Å². The molecule has 1 fully saturated rings. The van der Waals surface area contributed by atoms with Gasteiger partial charge in [0.1, 0.15) is 0 Å². The van der Waals surface area contributed by atoms with Gasteiger partial charge in [-0.3, -0.25) is 4.99 Å². The van der Waals surface area contributed by atoms with E-state index in [-0.39, 0.29) is 30.1 Å². The molecule has 1 rings (SSSR count). The Morgan fingerprint density at radius 3 is 2.40 bits per heavy atom. The number of likely N-dealkylation sites (tertiary alicyclic amines) is 1. The van der Waals surface area contributed by atoms with Gasteiger partial charge in [-0.25, -0.2) is 4.79 Å². The Labute approximate surface area is 170 Å². The van der Waals surface area contributed by atoms with Crippen LogP contribution in [0.15, 0.2) is 4.99 Å². The largest absolute Gasteiger partial charge is 0.450 e. The highest BCUT2D eigenvalue weighted by atomic mass is 127. The molecule has 0 radical (unpaired) electrons. The third-order valence-corrected chi connectivity index (χ3v) is 4.23. The minimum absolute atomic E-state index is 0. The van der Waals surface area contributed by atoms with Crippen molar-refractivity contribution in [1.29, 1.82) is 0 Å². The fourth-order valence-electron chi connectivity index (χ4n) is 2.80. The normalized spacial score (nSPS) is 16.2. The lowest BCUT2D eigenvalue weighted by Gasteiger charge is -2.32. The van der Waals surface area contributed by atoms with Crippen molar-refractivity contribution in [3.63, 3.8) is 0 Å². The Hall–Kier alpha value is -0.730. The van der Waals surface area contributed by atoms with Crippen molar-refractivity contribution in [2.45, 2.75) is 65.8 Å². The van der Waals surface area contributed by atoms with Crippen molar-refractivity contribution in [2.24, 2.45) is 10.4 Å². The van der Waals surface area contributed by atoms with Crippen LogP contribution in [0.4, 0.5) is 4.79 Å². The number of rotatable bonds is 6. The summed E-state index contributed by atoms with van der Waals surface area (Å²) in [5, 5.41) is 6.86. The zero-order valence-electron chi connectivity index (χ0n) is 16.6. The van der Waals surface area contributed by atoms with Crippen LogP contribution in [0.1, 0.15) is 59.8 Å². The van der Waals surface area contributed by atoms with Crippen LogP contribution in [0.5, 0.6) is 0 Å². The number of amides is 1. The number of unbranched alkanes of at least 4 members (excludes halogenated alkanes) is 1. The second-order valence-electron chi connectivity index (χ2n) is 7.62. The van der Waals surface area contributed by atoms with E-state index in [2.05, 4.69) is 36.4 Å². The minimum Gasteiger partial charge on any atom is -0.450 e. The first kappa shape index (κ1) is 24.3. The molecule has 25 heavy (non-hydrogen) atoms. The number of hydrogen-bond donors (Lipinski definition) is 2. The Balaban J connectivity index is 0.00000576. The van der Waals surface area contributed by atoms with E-state index >= 15 is 0 Å². The number of carbonyl (C=O) groups excluding carboxylic acids is 1. The second-order valence-corrected chi connectivity index (χ2v) is 7.62. The van der Waals surface area contributed by atoms with Gasteiger partial charge in [-0.05, 0) is 38.0 Å². The summed E-state index contributed by atoms with van der Waals surface area (Å²) in [5.74, 6) is 0.861. The van der Waals surface area contributed by atoms with E-state index in [1.165, 1.54) is 12.8 Å². The predicted octanol–water partition coefficient (Wildman–Crippen LogP) is 3.61. The topological polar surface area (TPSA) is 66.0 Å². The molecule has 0 aromatic rings. The van der Waals surface area contributed by atoms with Crippen LogP contribution in [0.2, 0.25) is 0 Å². The lowest BCUT2D eigenvalue weighted by Crippen LogP contribution is -2.50. The number of guanidine groups is 1. The monoisotopic (exact) mass is 468 g/mol. The highest BCUT2D eigenvalue weighted by molar-refractivity contribution is 14.0. The molecule has 2 N–H and O–H groups in total. The number of piperidine rings is 1. The van der Waals surface area contributed by atoms with Crippen molar-refractivity contribution in [3.8, 4) is 0 Å². The first-order valence-electron chi connectivity index (χ1n) is 9.24. The van der Waals surface area contributed by atoms with E-state index in [1.807, 2.05) is 6.92 Å². The van der Waals surface area contributed by atoms with Crippen molar-refractivity contribution in [3.05, 3.63) is 0 Å². The average molecular weight is 468 g/mol. The fourth-order valence-corrected chi connectivity index (χ4v) is 2.80. The Morgan fingerprint density at radius 1 is 1.24 bits per heavy atom. The van der Waals surface area contributed by atoms with Crippen LogP contribution < -0.4 is 10.6 Å². The molecule has 148 valence electrons. The molecule has 0 saturated carbocycles. The molecule has 0 spiro atoms. The van der Waals surface area contributed by atoms with Gasteiger partial charge in [0.25, 0.3) is 0 Å². The zero-order valence-corrected chi connectivity index (χ0v) is 18.9. The van der Waals surface area contributed by atoms with Gasteiger partial charge in [0.2, 0.25) is 0 Å². The number of hydrogen-bond acceptors (Lipinski definition) is 3. The maximum atomic E-state index is 11.7. The summed E-state index contributed by atoms with van der Waals surface area (Å²) < 4.78 is 5.05. The highest BCUT2D eigenvalue weighted by Gasteiger charge is 2.23. The van der Waals surface area contributed by atoms with E-state index in [9.17, 15) is 4.79 Å². The summed E-state index contributed by atoms with van der Waals surface area (Å²) in [6, 6.07) is 0.358. The van der Waals surface area contributed by atoms with E-state index in [0.717, 1.165) is 44.9 Å². The quantitative estimate of drug-likeness (QED) is 0.271. The highest BCUT2D eigenvalue weighted by Crippen LogP contribution is 2.21. The van der Waals surface area contributed by atoms with E-state index in [0.29, 0.717) is 18.1 Å². The average Bonchev–Trinajstić information content (AvgIpc) is 2.53. The summed E-state index contributed by atoms with van der Waals surface area (Å²) in [7, 11) is 1.80. The number of carbonyl (C=O) groups is 1. The Morgan fingerprint density at radius 2 is 1.88 bits per heavy atom. The van der Waals surface area contributed by atoms with Crippen LogP contribution in [-0.4, -0.2) is 56.3 Å². The van der Waals surface area contributed by atoms with Gasteiger partial charge < -0.3 is 20.3 Å². The molecule has 6 nitrogen and oxygen atoms in total. The number of aliphatic imine (C=N–C) groups is 1. The van der Waals surface area contributed by atoms with Crippen molar-refractivity contribution in [1.82, 2.24) is 15.5 Å². The summed E-state index contributed by atoms with van der Waals surface area (Å²) in [5.41, 5.74) is 0.410. The van der Waals surface area contributed by atoms with Gasteiger partial charge in [-0.2, -0.15) is 0 Å². The third-order valence-electron chi connectivity index (χ3n) is 4.23. The van der Waals surface area contributed by atoms with Crippen LogP contribution >= 0.6 is 24.0 Å². The SMILES string of the molecule is CCOC(=O)N1CCC(NC(=NC)NCCCCC(C)(C)C)CC1.I. The smallest absolute Gasteiger partial charge is 0.409 e. The third kappa shape index (κ3) is 10.8. The lowest BCUT2D eigenvalue weighted by atomic mass is 9.90. The maximum absolute atomic E-state index is 11.7. The van der Waals surface area contributed by atoms with Gasteiger partial charge in [-0.1, -0.05) is 27.2 Å². The molecule has 0 atom stereocenters. The first-order valence-corrected chi connectivity index (χ1v) is 9.24. The molecule has 1 heterocycles. The molecular formula is C18H37IN4O2. The maximum Gasteiger partial charge on any atom is 0.409 e. The predicted molar refractivity (Wildman–Crippen MR) is 115 cm³/mol. The Kier molecular flexibility index (Phi) is 12.2. The van der Waals surface area contributed by atoms with E-state index < -0.39 is 0 Å². The number of halogens is 1. The Bertz CT molecular complexity index is 402. The summed E-state index contributed by atoms with van der Waals surface area (Å²) in [6.45, 7) is 11.5. The lowest BCUT2D eigenvalue weighted by molar-refractivity contribution is 0.0963.